The van der Waals surface area contributed by atoms with Gasteiger partial charge in [0.1, 0.15) is 11.5 Å². The predicted molar refractivity (Wildman–Crippen MR) is 89.5 cm³/mol. The van der Waals surface area contributed by atoms with Crippen LogP contribution in [-0.2, 0) is 9.53 Å². The number of esters is 1. The topological polar surface area (TPSA) is 73.9 Å². The zero-order valence-corrected chi connectivity index (χ0v) is 13.7. The molecule has 1 amide bonds. The molecule has 0 spiro atoms. The first kappa shape index (κ1) is 17.3. The molecule has 0 bridgehead atoms. The van der Waals surface area contributed by atoms with Gasteiger partial charge >= 0.3 is 5.97 Å². The number of hydrogen-bond donors (Lipinski definition) is 1. The van der Waals surface area contributed by atoms with E-state index in [4.69, 9.17) is 14.2 Å². The second-order valence-electron chi connectivity index (χ2n) is 4.97. The van der Waals surface area contributed by atoms with E-state index in [1.54, 1.807) is 62.6 Å². The number of hydrogen-bond acceptors (Lipinski definition) is 5. The number of carbonyl (C=O) groups excluding carboxylic acids is 2. The van der Waals surface area contributed by atoms with Crippen molar-refractivity contribution in [3.05, 3.63) is 54.1 Å². The van der Waals surface area contributed by atoms with Gasteiger partial charge in [0, 0.05) is 6.07 Å². The average molecular weight is 329 g/mol. The first-order chi connectivity index (χ1) is 11.5. The van der Waals surface area contributed by atoms with Crippen LogP contribution in [0.4, 0.5) is 5.69 Å². The van der Waals surface area contributed by atoms with E-state index < -0.39 is 12.1 Å². The van der Waals surface area contributed by atoms with Gasteiger partial charge in [0.2, 0.25) is 0 Å². The summed E-state index contributed by atoms with van der Waals surface area (Å²) in [4.78, 5) is 24.0. The SMILES string of the molecule is COC(=O)c1ccccc1NC(=O)[C@H](C)Oc1cccc(OC)c1. The first-order valence-corrected chi connectivity index (χ1v) is 7.34. The molecule has 0 saturated heterocycles. The van der Waals surface area contributed by atoms with Crippen molar-refractivity contribution in [2.24, 2.45) is 0 Å². The summed E-state index contributed by atoms with van der Waals surface area (Å²) in [6.45, 7) is 1.62. The van der Waals surface area contributed by atoms with Crippen LogP contribution in [0.25, 0.3) is 0 Å². The van der Waals surface area contributed by atoms with Gasteiger partial charge in [-0.1, -0.05) is 18.2 Å². The van der Waals surface area contributed by atoms with E-state index in [1.807, 2.05) is 0 Å². The summed E-state index contributed by atoms with van der Waals surface area (Å²) < 4.78 is 15.4. The van der Waals surface area contributed by atoms with Gasteiger partial charge in [-0.05, 0) is 31.2 Å². The number of nitrogens with one attached hydrogen (secondary N) is 1. The Balaban J connectivity index is 2.08. The Labute approximate surface area is 140 Å². The van der Waals surface area contributed by atoms with Crippen LogP contribution in [-0.4, -0.2) is 32.2 Å². The molecule has 0 aliphatic heterocycles. The maximum Gasteiger partial charge on any atom is 0.339 e. The lowest BCUT2D eigenvalue weighted by molar-refractivity contribution is -0.122. The molecule has 1 atom stereocenters. The second kappa shape index (κ2) is 8.01. The number of carbonyl (C=O) groups is 2. The smallest absolute Gasteiger partial charge is 0.339 e. The maximum atomic E-state index is 12.3. The quantitative estimate of drug-likeness (QED) is 0.825. The molecule has 0 radical (unpaired) electrons. The molecule has 0 aliphatic rings. The monoisotopic (exact) mass is 329 g/mol. The summed E-state index contributed by atoms with van der Waals surface area (Å²) in [5, 5.41) is 2.68. The molecule has 2 rings (SSSR count). The third-order valence-corrected chi connectivity index (χ3v) is 3.31. The molecule has 6 nitrogen and oxygen atoms in total. The maximum absolute atomic E-state index is 12.3. The van der Waals surface area contributed by atoms with Gasteiger partial charge in [0.15, 0.2) is 6.10 Å². The summed E-state index contributed by atoms with van der Waals surface area (Å²) in [7, 11) is 2.84. The fraction of sp³-hybridized carbons (Fsp3) is 0.222. The Morgan fingerprint density at radius 3 is 2.42 bits per heavy atom. The molecule has 1 N–H and O–H groups in total. The van der Waals surface area contributed by atoms with E-state index in [9.17, 15) is 9.59 Å². The number of benzene rings is 2. The fourth-order valence-electron chi connectivity index (χ4n) is 2.05. The van der Waals surface area contributed by atoms with Gasteiger partial charge in [0.25, 0.3) is 5.91 Å². The minimum Gasteiger partial charge on any atom is -0.497 e. The molecule has 2 aromatic rings. The lowest BCUT2D eigenvalue weighted by Crippen LogP contribution is -2.30. The highest BCUT2D eigenvalue weighted by Gasteiger charge is 2.18. The first-order valence-electron chi connectivity index (χ1n) is 7.34. The molecule has 24 heavy (non-hydrogen) atoms. The van der Waals surface area contributed by atoms with Crippen LogP contribution in [0.2, 0.25) is 0 Å². The minimum absolute atomic E-state index is 0.280. The Hall–Kier alpha value is -3.02. The van der Waals surface area contributed by atoms with Gasteiger partial charge in [0.05, 0.1) is 25.5 Å². The number of ether oxygens (including phenoxy) is 3. The largest absolute Gasteiger partial charge is 0.497 e. The zero-order valence-electron chi connectivity index (χ0n) is 13.7. The van der Waals surface area contributed by atoms with Crippen LogP contribution < -0.4 is 14.8 Å². The van der Waals surface area contributed by atoms with Crippen molar-refractivity contribution in [3.63, 3.8) is 0 Å². The van der Waals surface area contributed by atoms with Crippen molar-refractivity contribution in [1.82, 2.24) is 0 Å². The highest BCUT2D eigenvalue weighted by molar-refractivity contribution is 6.02. The van der Waals surface area contributed by atoms with Gasteiger partial charge in [-0.25, -0.2) is 4.79 Å². The summed E-state index contributed by atoms with van der Waals surface area (Å²) >= 11 is 0. The molecule has 0 aromatic heterocycles. The Morgan fingerprint density at radius 1 is 1.00 bits per heavy atom. The Morgan fingerprint density at radius 2 is 1.71 bits per heavy atom. The van der Waals surface area contributed by atoms with Gasteiger partial charge in [-0.15, -0.1) is 0 Å². The van der Waals surface area contributed by atoms with Gasteiger partial charge in [-0.2, -0.15) is 0 Å². The third-order valence-electron chi connectivity index (χ3n) is 3.31. The van der Waals surface area contributed by atoms with Crippen molar-refractivity contribution in [2.45, 2.75) is 13.0 Å². The van der Waals surface area contributed by atoms with Crippen molar-refractivity contribution >= 4 is 17.6 Å². The van der Waals surface area contributed by atoms with Crippen LogP contribution in [0.15, 0.2) is 48.5 Å². The lowest BCUT2D eigenvalue weighted by Gasteiger charge is -2.16. The molecule has 0 aliphatic carbocycles. The number of amides is 1. The minimum atomic E-state index is -0.761. The Kier molecular flexibility index (Phi) is 5.78. The van der Waals surface area contributed by atoms with E-state index in [2.05, 4.69) is 5.32 Å². The molecule has 0 saturated carbocycles. The molecular formula is C18H19NO5. The predicted octanol–water partition coefficient (Wildman–Crippen LogP) is 2.89. The normalized spacial score (nSPS) is 11.3. The number of rotatable bonds is 6. The Bertz CT molecular complexity index is 729. The summed E-state index contributed by atoms with van der Waals surface area (Å²) in [5.74, 6) is 0.246. The number of anilines is 1. The molecule has 0 heterocycles. The molecule has 126 valence electrons. The van der Waals surface area contributed by atoms with Gasteiger partial charge in [-0.3, -0.25) is 4.79 Å². The number of para-hydroxylation sites is 1. The van der Waals surface area contributed by atoms with Crippen molar-refractivity contribution in [1.29, 1.82) is 0 Å². The van der Waals surface area contributed by atoms with Crippen LogP contribution in [0.3, 0.4) is 0 Å². The molecule has 0 fully saturated rings. The van der Waals surface area contributed by atoms with Crippen LogP contribution in [0, 0.1) is 0 Å². The van der Waals surface area contributed by atoms with Crippen LogP contribution in [0.5, 0.6) is 11.5 Å². The standard InChI is InChI=1S/C18H19NO5/c1-12(24-14-8-6-7-13(11-14)22-2)17(20)19-16-10-5-4-9-15(16)18(21)23-3/h4-12H,1-3H3,(H,19,20)/t12-/m0/s1. The van der Waals surface area contributed by atoms with Crippen LogP contribution in [0.1, 0.15) is 17.3 Å². The van der Waals surface area contributed by atoms with E-state index in [-0.39, 0.29) is 11.5 Å². The van der Waals surface area contributed by atoms with E-state index in [1.165, 1.54) is 7.11 Å². The highest BCUT2D eigenvalue weighted by atomic mass is 16.5. The summed E-state index contributed by atoms with van der Waals surface area (Å²) in [6.07, 6.45) is -0.761. The van der Waals surface area contributed by atoms with E-state index >= 15 is 0 Å². The van der Waals surface area contributed by atoms with Crippen LogP contribution >= 0.6 is 0 Å². The summed E-state index contributed by atoms with van der Waals surface area (Å²) in [6, 6.07) is 13.6. The van der Waals surface area contributed by atoms with Crippen molar-refractivity contribution < 1.29 is 23.8 Å². The van der Waals surface area contributed by atoms with Crippen molar-refractivity contribution in [3.8, 4) is 11.5 Å². The molecular weight excluding hydrogens is 310 g/mol. The second-order valence-corrected chi connectivity index (χ2v) is 4.97. The highest BCUT2D eigenvalue weighted by Crippen LogP contribution is 2.21. The van der Waals surface area contributed by atoms with E-state index in [0.29, 0.717) is 17.2 Å². The zero-order chi connectivity index (χ0) is 17.5. The lowest BCUT2D eigenvalue weighted by atomic mass is 10.1. The van der Waals surface area contributed by atoms with Gasteiger partial charge < -0.3 is 19.5 Å². The third kappa shape index (κ3) is 4.25. The molecule has 6 heteroatoms. The fourth-order valence-corrected chi connectivity index (χ4v) is 2.05. The van der Waals surface area contributed by atoms with Crippen molar-refractivity contribution in [2.75, 3.05) is 19.5 Å². The number of methoxy groups -OCH3 is 2. The molecule has 2 aromatic carbocycles. The summed E-state index contributed by atoms with van der Waals surface area (Å²) in [5.41, 5.74) is 0.650. The van der Waals surface area contributed by atoms with E-state index in [0.717, 1.165) is 0 Å². The average Bonchev–Trinajstić information content (AvgIpc) is 2.61. The molecule has 0 unspecified atom stereocenters.